The smallest absolute Gasteiger partial charge is 0.407 e. The second kappa shape index (κ2) is 10.1. The molecule has 6 heteroatoms. The van der Waals surface area contributed by atoms with Crippen LogP contribution in [-0.4, -0.2) is 42.0 Å². The molecular weight excluding hydrogens is 356 g/mol. The molecule has 2 unspecified atom stereocenters. The molecule has 1 aliphatic heterocycles. The fourth-order valence-corrected chi connectivity index (χ4v) is 3.36. The molecule has 6 nitrogen and oxygen atoms in total. The van der Waals surface area contributed by atoms with Crippen molar-refractivity contribution in [2.45, 2.75) is 38.1 Å². The second-order valence-corrected chi connectivity index (χ2v) is 7.08. The van der Waals surface area contributed by atoms with Crippen molar-refractivity contribution in [2.75, 3.05) is 24.5 Å². The molecule has 0 aliphatic carbocycles. The van der Waals surface area contributed by atoms with Crippen LogP contribution in [0.15, 0.2) is 54.6 Å². The number of rotatable bonds is 8. The third-order valence-electron chi connectivity index (χ3n) is 4.97. The Morgan fingerprint density at radius 2 is 1.82 bits per heavy atom. The fraction of sp³-hybridized carbons (Fsp3) is 0.409. The Morgan fingerprint density at radius 3 is 2.57 bits per heavy atom. The van der Waals surface area contributed by atoms with Crippen molar-refractivity contribution in [1.29, 1.82) is 0 Å². The van der Waals surface area contributed by atoms with Crippen molar-refractivity contribution in [3.63, 3.8) is 0 Å². The van der Waals surface area contributed by atoms with Gasteiger partial charge in [-0.15, -0.1) is 0 Å². The molecule has 0 radical (unpaired) electrons. The first-order valence-corrected chi connectivity index (χ1v) is 9.79. The van der Waals surface area contributed by atoms with Crippen LogP contribution >= 0.6 is 0 Å². The van der Waals surface area contributed by atoms with E-state index in [9.17, 15) is 15.0 Å². The van der Waals surface area contributed by atoms with Gasteiger partial charge in [0.05, 0.1) is 6.10 Å². The van der Waals surface area contributed by atoms with Crippen LogP contribution in [-0.2, 0) is 11.3 Å². The summed E-state index contributed by atoms with van der Waals surface area (Å²) < 4.78 is 5.13. The molecule has 1 heterocycles. The summed E-state index contributed by atoms with van der Waals surface area (Å²) in [5, 5.41) is 23.4. The molecule has 3 N–H and O–H groups in total. The van der Waals surface area contributed by atoms with Gasteiger partial charge >= 0.3 is 6.09 Å². The maximum Gasteiger partial charge on any atom is 0.407 e. The minimum absolute atomic E-state index is 0.196. The zero-order valence-corrected chi connectivity index (χ0v) is 16.0. The average molecular weight is 384 g/mol. The highest BCUT2D eigenvalue weighted by atomic mass is 16.5. The van der Waals surface area contributed by atoms with Gasteiger partial charge in [0.2, 0.25) is 0 Å². The summed E-state index contributed by atoms with van der Waals surface area (Å²) in [5.74, 6) is 0. The third kappa shape index (κ3) is 5.71. The highest BCUT2D eigenvalue weighted by molar-refractivity contribution is 5.67. The molecule has 1 saturated heterocycles. The lowest BCUT2D eigenvalue weighted by Gasteiger charge is -2.22. The standard InChI is InChI=1S/C22H28N2O4/c25-20(11-12-23-22(27)28-16-17-7-2-1-3-8-17)21(26)18-9-6-10-19(15-18)24-13-4-5-14-24/h1-3,6-10,15,20-21,25-26H,4-5,11-14,16H2,(H,23,27). The van der Waals surface area contributed by atoms with Crippen LogP contribution in [0.4, 0.5) is 10.5 Å². The van der Waals surface area contributed by atoms with Crippen molar-refractivity contribution in [3.05, 3.63) is 65.7 Å². The number of nitrogens with zero attached hydrogens (tertiary/aromatic N) is 1. The van der Waals surface area contributed by atoms with E-state index in [0.717, 1.165) is 24.3 Å². The molecule has 0 aromatic heterocycles. The molecule has 1 amide bonds. The molecule has 28 heavy (non-hydrogen) atoms. The molecule has 1 aliphatic rings. The largest absolute Gasteiger partial charge is 0.445 e. The summed E-state index contributed by atoms with van der Waals surface area (Å²) in [6, 6.07) is 17.1. The molecule has 2 atom stereocenters. The van der Waals surface area contributed by atoms with E-state index in [1.54, 1.807) is 0 Å². The number of nitrogens with one attached hydrogen (secondary N) is 1. The minimum atomic E-state index is -0.996. The van der Waals surface area contributed by atoms with E-state index in [-0.39, 0.29) is 19.6 Å². The molecule has 3 rings (SSSR count). The number of amides is 1. The van der Waals surface area contributed by atoms with Gasteiger partial charge in [-0.2, -0.15) is 0 Å². The summed E-state index contributed by atoms with van der Waals surface area (Å²) in [4.78, 5) is 14.0. The van der Waals surface area contributed by atoms with Gasteiger partial charge in [-0.05, 0) is 42.5 Å². The van der Waals surface area contributed by atoms with Crippen molar-refractivity contribution in [2.24, 2.45) is 0 Å². The summed E-state index contributed by atoms with van der Waals surface area (Å²) in [7, 11) is 0. The summed E-state index contributed by atoms with van der Waals surface area (Å²) >= 11 is 0. The number of hydrogen-bond acceptors (Lipinski definition) is 5. The topological polar surface area (TPSA) is 82.0 Å². The van der Waals surface area contributed by atoms with Crippen LogP contribution in [0, 0.1) is 0 Å². The number of carbonyl (C=O) groups excluding carboxylic acids is 1. The number of aliphatic hydroxyl groups excluding tert-OH is 2. The first kappa shape index (κ1) is 20.2. The SMILES string of the molecule is O=C(NCCC(O)C(O)c1cccc(N2CCCC2)c1)OCc1ccccc1. The zero-order valence-electron chi connectivity index (χ0n) is 16.0. The molecule has 2 aromatic carbocycles. The van der Waals surface area contributed by atoms with E-state index in [2.05, 4.69) is 10.2 Å². The number of ether oxygens (including phenoxy) is 1. The number of carbonyl (C=O) groups is 1. The first-order valence-electron chi connectivity index (χ1n) is 9.79. The van der Waals surface area contributed by atoms with Crippen molar-refractivity contribution >= 4 is 11.8 Å². The first-order chi connectivity index (χ1) is 13.6. The molecule has 2 aromatic rings. The van der Waals surface area contributed by atoms with Crippen molar-refractivity contribution in [3.8, 4) is 0 Å². The van der Waals surface area contributed by atoms with Gasteiger partial charge in [-0.25, -0.2) is 4.79 Å². The lowest BCUT2D eigenvalue weighted by atomic mass is 10.0. The highest BCUT2D eigenvalue weighted by Gasteiger charge is 2.20. The van der Waals surface area contributed by atoms with Gasteiger partial charge in [0.15, 0.2) is 0 Å². The van der Waals surface area contributed by atoms with Crippen LogP contribution in [0.25, 0.3) is 0 Å². The summed E-state index contributed by atoms with van der Waals surface area (Å²) in [6.45, 7) is 2.47. The van der Waals surface area contributed by atoms with E-state index >= 15 is 0 Å². The quantitative estimate of drug-likeness (QED) is 0.652. The van der Waals surface area contributed by atoms with Gasteiger partial charge in [0.1, 0.15) is 12.7 Å². The van der Waals surface area contributed by atoms with Crippen molar-refractivity contribution in [1.82, 2.24) is 5.32 Å². The monoisotopic (exact) mass is 384 g/mol. The highest BCUT2D eigenvalue weighted by Crippen LogP contribution is 2.26. The van der Waals surface area contributed by atoms with E-state index in [0.29, 0.717) is 5.56 Å². The zero-order chi connectivity index (χ0) is 19.8. The Balaban J connectivity index is 1.42. The van der Waals surface area contributed by atoms with Gasteiger partial charge in [0.25, 0.3) is 0 Å². The number of alkyl carbamates (subject to hydrolysis) is 1. The number of anilines is 1. The van der Waals surface area contributed by atoms with Gasteiger partial charge < -0.3 is 25.2 Å². The fourth-order valence-electron chi connectivity index (χ4n) is 3.36. The normalized spacial score (nSPS) is 15.9. The predicted molar refractivity (Wildman–Crippen MR) is 108 cm³/mol. The Hall–Kier alpha value is -2.57. The van der Waals surface area contributed by atoms with Crippen molar-refractivity contribution < 1.29 is 19.7 Å². The van der Waals surface area contributed by atoms with Crippen LogP contribution in [0.1, 0.15) is 36.5 Å². The predicted octanol–water partition coefficient (Wildman–Crippen LogP) is 3.00. The Bertz CT molecular complexity index is 747. The lowest BCUT2D eigenvalue weighted by molar-refractivity contribution is 0.0136. The summed E-state index contributed by atoms with van der Waals surface area (Å²) in [6.07, 6.45) is 0.0906. The van der Waals surface area contributed by atoms with Crippen LogP contribution in [0.5, 0.6) is 0 Å². The molecule has 1 fully saturated rings. The minimum Gasteiger partial charge on any atom is -0.445 e. The van der Waals surface area contributed by atoms with Crippen LogP contribution < -0.4 is 10.2 Å². The molecule has 0 saturated carbocycles. The van der Waals surface area contributed by atoms with E-state index in [1.807, 2.05) is 54.6 Å². The Kier molecular flexibility index (Phi) is 7.28. The van der Waals surface area contributed by atoms with E-state index in [4.69, 9.17) is 4.74 Å². The molecule has 0 spiro atoms. The lowest BCUT2D eigenvalue weighted by Crippen LogP contribution is -2.29. The summed E-state index contributed by atoms with van der Waals surface area (Å²) in [5.41, 5.74) is 2.67. The van der Waals surface area contributed by atoms with E-state index < -0.39 is 18.3 Å². The number of benzene rings is 2. The average Bonchev–Trinajstić information content (AvgIpc) is 3.27. The maximum atomic E-state index is 11.7. The second-order valence-electron chi connectivity index (χ2n) is 7.08. The molecule has 0 bridgehead atoms. The van der Waals surface area contributed by atoms with Crippen LogP contribution in [0.3, 0.4) is 0 Å². The van der Waals surface area contributed by atoms with Gasteiger partial charge in [-0.3, -0.25) is 0 Å². The number of hydrogen-bond donors (Lipinski definition) is 3. The van der Waals surface area contributed by atoms with E-state index in [1.165, 1.54) is 12.8 Å². The Labute approximate surface area is 165 Å². The third-order valence-corrected chi connectivity index (χ3v) is 4.97. The molecule has 150 valence electrons. The Morgan fingerprint density at radius 1 is 1.07 bits per heavy atom. The maximum absolute atomic E-state index is 11.7. The van der Waals surface area contributed by atoms with Gasteiger partial charge in [0, 0.05) is 25.3 Å². The molecular formula is C22H28N2O4. The number of aliphatic hydroxyl groups is 2. The van der Waals surface area contributed by atoms with Crippen LogP contribution in [0.2, 0.25) is 0 Å². The van der Waals surface area contributed by atoms with Gasteiger partial charge in [-0.1, -0.05) is 42.5 Å².